The van der Waals surface area contributed by atoms with E-state index in [1.807, 2.05) is 6.92 Å². The molecule has 1 aromatic rings. The van der Waals surface area contributed by atoms with Gasteiger partial charge in [-0.2, -0.15) is 0 Å². The van der Waals surface area contributed by atoms with Gasteiger partial charge in [0.15, 0.2) is 0 Å². The van der Waals surface area contributed by atoms with Crippen LogP contribution in [0.3, 0.4) is 0 Å². The largest absolute Gasteiger partial charge is 0.494 e. The first-order valence-electron chi connectivity index (χ1n) is 6.81. The molecule has 0 aromatic heterocycles. The van der Waals surface area contributed by atoms with E-state index in [2.05, 4.69) is 29.6 Å². The van der Waals surface area contributed by atoms with Crippen LogP contribution in [0.5, 0.6) is 5.75 Å². The highest BCUT2D eigenvalue weighted by molar-refractivity contribution is 5.33. The van der Waals surface area contributed by atoms with Crippen molar-refractivity contribution in [3.05, 3.63) is 29.8 Å². The van der Waals surface area contributed by atoms with Crippen molar-refractivity contribution >= 4 is 0 Å². The number of piperidine rings is 1. The molecule has 1 aliphatic rings. The van der Waals surface area contributed by atoms with E-state index in [1.54, 1.807) is 0 Å². The normalized spacial score (nSPS) is 17.0. The van der Waals surface area contributed by atoms with E-state index in [4.69, 9.17) is 4.74 Å². The molecule has 1 aliphatic heterocycles. The van der Waals surface area contributed by atoms with E-state index in [-0.39, 0.29) is 0 Å². The number of aryl methyl sites for hydroxylation is 1. The summed E-state index contributed by atoms with van der Waals surface area (Å²) >= 11 is 0. The number of ether oxygens (including phenoxy) is 1. The fourth-order valence-electron chi connectivity index (χ4n) is 2.54. The average Bonchev–Trinajstić information content (AvgIpc) is 2.39. The van der Waals surface area contributed by atoms with Crippen LogP contribution in [0.4, 0.5) is 0 Å². The zero-order valence-corrected chi connectivity index (χ0v) is 10.7. The summed E-state index contributed by atoms with van der Waals surface area (Å²) in [7, 11) is 0. The Bertz CT molecular complexity index is 331. The highest BCUT2D eigenvalue weighted by atomic mass is 16.5. The molecule has 0 spiro atoms. The van der Waals surface area contributed by atoms with Crippen LogP contribution >= 0.6 is 0 Å². The molecule has 2 heteroatoms. The Morgan fingerprint density at radius 3 is 2.76 bits per heavy atom. The van der Waals surface area contributed by atoms with Crippen LogP contribution in [0.2, 0.25) is 0 Å². The number of para-hydroxylation sites is 1. The summed E-state index contributed by atoms with van der Waals surface area (Å²) in [6.07, 6.45) is 5.11. The molecule has 1 saturated heterocycles. The number of rotatable bonds is 5. The van der Waals surface area contributed by atoms with E-state index in [9.17, 15) is 0 Å². The van der Waals surface area contributed by atoms with Crippen LogP contribution in [0.15, 0.2) is 24.3 Å². The second-order valence-electron chi connectivity index (χ2n) is 4.77. The summed E-state index contributed by atoms with van der Waals surface area (Å²) in [4.78, 5) is 0. The van der Waals surface area contributed by atoms with Gasteiger partial charge >= 0.3 is 0 Å². The van der Waals surface area contributed by atoms with Crippen LogP contribution < -0.4 is 10.1 Å². The van der Waals surface area contributed by atoms with Gasteiger partial charge in [-0.15, -0.1) is 0 Å². The van der Waals surface area contributed by atoms with Gasteiger partial charge in [-0.05, 0) is 63.2 Å². The number of hydrogen-bond acceptors (Lipinski definition) is 2. The van der Waals surface area contributed by atoms with Crippen LogP contribution in [0, 0.1) is 5.92 Å². The minimum Gasteiger partial charge on any atom is -0.494 e. The van der Waals surface area contributed by atoms with Gasteiger partial charge < -0.3 is 10.1 Å². The maximum Gasteiger partial charge on any atom is 0.122 e. The van der Waals surface area contributed by atoms with Crippen molar-refractivity contribution in [2.24, 2.45) is 5.92 Å². The number of hydrogen-bond donors (Lipinski definition) is 1. The number of nitrogens with one attached hydrogen (secondary N) is 1. The molecule has 0 amide bonds. The lowest BCUT2D eigenvalue weighted by atomic mass is 9.91. The molecule has 0 unspecified atom stereocenters. The standard InChI is InChI=1S/C15H23NO/c1-2-17-15-6-4-3-5-14(15)8-7-13-9-11-16-12-10-13/h3-6,13,16H,2,7-12H2,1H3. The highest BCUT2D eigenvalue weighted by Crippen LogP contribution is 2.24. The van der Waals surface area contributed by atoms with Crippen LogP contribution in [-0.2, 0) is 6.42 Å². The minimum absolute atomic E-state index is 0.754. The molecule has 1 N–H and O–H groups in total. The third kappa shape index (κ3) is 3.74. The molecule has 0 atom stereocenters. The van der Waals surface area contributed by atoms with Gasteiger partial charge in [-0.1, -0.05) is 18.2 Å². The molecule has 0 radical (unpaired) electrons. The van der Waals surface area contributed by atoms with E-state index < -0.39 is 0 Å². The van der Waals surface area contributed by atoms with Gasteiger partial charge in [-0.25, -0.2) is 0 Å². The second kappa shape index (κ2) is 6.65. The Hall–Kier alpha value is -1.02. The van der Waals surface area contributed by atoms with Gasteiger partial charge in [0, 0.05) is 0 Å². The van der Waals surface area contributed by atoms with Gasteiger partial charge in [-0.3, -0.25) is 0 Å². The lowest BCUT2D eigenvalue weighted by molar-refractivity contribution is 0.329. The molecule has 2 rings (SSSR count). The molecule has 1 fully saturated rings. The van der Waals surface area contributed by atoms with Crippen molar-refractivity contribution < 1.29 is 4.74 Å². The maximum atomic E-state index is 5.66. The lowest BCUT2D eigenvalue weighted by Gasteiger charge is -2.22. The van der Waals surface area contributed by atoms with Crippen molar-refractivity contribution in [2.45, 2.75) is 32.6 Å². The lowest BCUT2D eigenvalue weighted by Crippen LogP contribution is -2.27. The van der Waals surface area contributed by atoms with Crippen molar-refractivity contribution in [1.82, 2.24) is 5.32 Å². The molecule has 94 valence electrons. The van der Waals surface area contributed by atoms with E-state index in [0.717, 1.165) is 24.7 Å². The maximum absolute atomic E-state index is 5.66. The Kier molecular flexibility index (Phi) is 4.87. The fourth-order valence-corrected chi connectivity index (χ4v) is 2.54. The minimum atomic E-state index is 0.754. The SMILES string of the molecule is CCOc1ccccc1CCC1CCNCC1. The summed E-state index contributed by atoms with van der Waals surface area (Å²) in [5.74, 6) is 1.97. The second-order valence-corrected chi connectivity index (χ2v) is 4.77. The van der Waals surface area contributed by atoms with Crippen molar-refractivity contribution in [3.63, 3.8) is 0 Å². The Morgan fingerprint density at radius 2 is 2.00 bits per heavy atom. The molecular formula is C15H23NO. The molecule has 0 saturated carbocycles. The summed E-state index contributed by atoms with van der Waals surface area (Å²) in [6, 6.07) is 8.45. The van der Waals surface area contributed by atoms with Crippen molar-refractivity contribution in [2.75, 3.05) is 19.7 Å². The molecular weight excluding hydrogens is 210 g/mol. The molecule has 17 heavy (non-hydrogen) atoms. The first-order chi connectivity index (χ1) is 8.40. The molecule has 0 aliphatic carbocycles. The third-order valence-electron chi connectivity index (χ3n) is 3.55. The smallest absolute Gasteiger partial charge is 0.122 e. The first-order valence-corrected chi connectivity index (χ1v) is 6.81. The molecule has 2 nitrogen and oxygen atoms in total. The summed E-state index contributed by atoms with van der Waals surface area (Å²) in [6.45, 7) is 5.18. The van der Waals surface area contributed by atoms with Crippen LogP contribution in [0.1, 0.15) is 31.7 Å². The topological polar surface area (TPSA) is 21.3 Å². The van der Waals surface area contributed by atoms with Gasteiger partial charge in [0.1, 0.15) is 5.75 Å². The van der Waals surface area contributed by atoms with E-state index >= 15 is 0 Å². The molecule has 0 bridgehead atoms. The van der Waals surface area contributed by atoms with Gasteiger partial charge in [0.2, 0.25) is 0 Å². The van der Waals surface area contributed by atoms with E-state index in [1.165, 1.54) is 37.9 Å². The summed E-state index contributed by atoms with van der Waals surface area (Å²) < 4.78 is 5.66. The third-order valence-corrected chi connectivity index (χ3v) is 3.55. The van der Waals surface area contributed by atoms with Gasteiger partial charge in [0.05, 0.1) is 6.61 Å². The quantitative estimate of drug-likeness (QED) is 0.844. The summed E-state index contributed by atoms with van der Waals surface area (Å²) in [5, 5.41) is 3.42. The predicted octanol–water partition coefficient (Wildman–Crippen LogP) is 3.02. The number of benzene rings is 1. The average molecular weight is 233 g/mol. The van der Waals surface area contributed by atoms with E-state index in [0.29, 0.717) is 0 Å². The molecule has 1 heterocycles. The highest BCUT2D eigenvalue weighted by Gasteiger charge is 2.13. The summed E-state index contributed by atoms with van der Waals surface area (Å²) in [5.41, 5.74) is 1.37. The monoisotopic (exact) mass is 233 g/mol. The fraction of sp³-hybridized carbons (Fsp3) is 0.600. The Labute approximate surface area is 104 Å². The van der Waals surface area contributed by atoms with Gasteiger partial charge in [0.25, 0.3) is 0 Å². The predicted molar refractivity (Wildman–Crippen MR) is 71.5 cm³/mol. The molecule has 1 aromatic carbocycles. The van der Waals surface area contributed by atoms with Crippen molar-refractivity contribution in [1.29, 1.82) is 0 Å². The zero-order valence-electron chi connectivity index (χ0n) is 10.7. The Balaban J connectivity index is 1.88. The first kappa shape index (κ1) is 12.4. The zero-order chi connectivity index (χ0) is 11.9. The van der Waals surface area contributed by atoms with Crippen LogP contribution in [0.25, 0.3) is 0 Å². The van der Waals surface area contributed by atoms with Crippen molar-refractivity contribution in [3.8, 4) is 5.75 Å². The Morgan fingerprint density at radius 1 is 1.24 bits per heavy atom. The van der Waals surface area contributed by atoms with Crippen LogP contribution in [-0.4, -0.2) is 19.7 Å².